The Balaban J connectivity index is 1.74. The van der Waals surface area contributed by atoms with Crippen molar-refractivity contribution in [1.82, 2.24) is 4.90 Å². The number of nitrogens with zero attached hydrogens (tertiary/aromatic N) is 2. The van der Waals surface area contributed by atoms with E-state index in [-0.39, 0.29) is 24.6 Å². The average Bonchev–Trinajstić information content (AvgIpc) is 3.10. The molecule has 2 amide bonds. The molecule has 134 valence electrons. The molecule has 0 bridgehead atoms. The van der Waals surface area contributed by atoms with E-state index in [9.17, 15) is 23.2 Å². The van der Waals surface area contributed by atoms with Gasteiger partial charge in [0.15, 0.2) is 0 Å². The minimum Gasteiger partial charge on any atom is -0.481 e. The van der Waals surface area contributed by atoms with E-state index in [0.29, 0.717) is 19.0 Å². The fraction of sp³-hybridized carbons (Fsp3) is 0.471. The molecular formula is C17H18F2N2O4. The standard InChI is InChI=1S/C17H18F2N2O4/c1-9-12(17(24)25)4-5-20(9)16(23)10-6-15(22)21(8-10)14-3-2-11(18)7-13(14)19/h2-3,7,9-10,12H,4-6,8H2,1H3,(H,24,25). The van der Waals surface area contributed by atoms with Gasteiger partial charge in [-0.05, 0) is 25.5 Å². The number of benzene rings is 1. The highest BCUT2D eigenvalue weighted by atomic mass is 19.1. The number of likely N-dealkylation sites (tertiary alicyclic amines) is 1. The second-order valence-electron chi connectivity index (χ2n) is 6.51. The van der Waals surface area contributed by atoms with Crippen LogP contribution in [0.4, 0.5) is 14.5 Å². The monoisotopic (exact) mass is 352 g/mol. The van der Waals surface area contributed by atoms with Gasteiger partial charge in [0, 0.05) is 31.6 Å². The summed E-state index contributed by atoms with van der Waals surface area (Å²) < 4.78 is 26.9. The van der Waals surface area contributed by atoms with Gasteiger partial charge in [-0.25, -0.2) is 8.78 Å². The van der Waals surface area contributed by atoms with Gasteiger partial charge < -0.3 is 14.9 Å². The number of carbonyl (C=O) groups excluding carboxylic acids is 2. The van der Waals surface area contributed by atoms with Crippen LogP contribution in [0.1, 0.15) is 19.8 Å². The van der Waals surface area contributed by atoms with Gasteiger partial charge in [-0.2, -0.15) is 0 Å². The molecule has 1 aromatic carbocycles. The molecule has 0 spiro atoms. The molecule has 3 unspecified atom stereocenters. The smallest absolute Gasteiger partial charge is 0.308 e. The Morgan fingerprint density at radius 1 is 1.28 bits per heavy atom. The van der Waals surface area contributed by atoms with E-state index >= 15 is 0 Å². The number of aliphatic carboxylic acids is 1. The minimum atomic E-state index is -0.944. The van der Waals surface area contributed by atoms with Gasteiger partial charge in [-0.1, -0.05) is 0 Å². The molecule has 1 N–H and O–H groups in total. The molecule has 2 saturated heterocycles. The van der Waals surface area contributed by atoms with Crippen LogP contribution in [0, 0.1) is 23.5 Å². The first kappa shape index (κ1) is 17.3. The summed E-state index contributed by atoms with van der Waals surface area (Å²) in [6.45, 7) is 2.01. The average molecular weight is 352 g/mol. The molecule has 0 aromatic heterocycles. The fourth-order valence-electron chi connectivity index (χ4n) is 3.62. The first-order chi connectivity index (χ1) is 11.8. The van der Waals surface area contributed by atoms with Crippen LogP contribution in [0.5, 0.6) is 0 Å². The van der Waals surface area contributed by atoms with Crippen molar-refractivity contribution in [3.8, 4) is 0 Å². The summed E-state index contributed by atoms with van der Waals surface area (Å²) in [7, 11) is 0. The normalized spacial score (nSPS) is 26.4. The highest BCUT2D eigenvalue weighted by Crippen LogP contribution is 2.32. The van der Waals surface area contributed by atoms with E-state index in [0.717, 1.165) is 11.0 Å². The number of carboxylic acids is 1. The molecule has 3 rings (SSSR count). The van der Waals surface area contributed by atoms with Crippen LogP contribution < -0.4 is 4.90 Å². The maximum atomic E-state index is 13.9. The molecule has 2 aliphatic heterocycles. The summed E-state index contributed by atoms with van der Waals surface area (Å²) in [6.07, 6.45) is 0.301. The second kappa shape index (κ2) is 6.42. The molecule has 0 radical (unpaired) electrons. The topological polar surface area (TPSA) is 77.9 Å². The van der Waals surface area contributed by atoms with Gasteiger partial charge in [0.1, 0.15) is 11.6 Å². The van der Waals surface area contributed by atoms with Gasteiger partial charge in [-0.15, -0.1) is 0 Å². The number of carboxylic acid groups (broad SMARTS) is 1. The van der Waals surface area contributed by atoms with Crippen LogP contribution in [0.25, 0.3) is 0 Å². The molecule has 8 heteroatoms. The number of rotatable bonds is 3. The van der Waals surface area contributed by atoms with Crippen molar-refractivity contribution in [2.45, 2.75) is 25.8 Å². The number of amides is 2. The van der Waals surface area contributed by atoms with Crippen LogP contribution >= 0.6 is 0 Å². The van der Waals surface area contributed by atoms with Crippen molar-refractivity contribution in [2.24, 2.45) is 11.8 Å². The quantitative estimate of drug-likeness (QED) is 0.897. The summed E-state index contributed by atoms with van der Waals surface area (Å²) in [5.41, 5.74) is -0.0559. The van der Waals surface area contributed by atoms with Crippen molar-refractivity contribution in [3.05, 3.63) is 29.8 Å². The molecule has 3 atom stereocenters. The number of carbonyl (C=O) groups is 3. The van der Waals surface area contributed by atoms with Gasteiger partial charge in [0.25, 0.3) is 0 Å². The Hall–Kier alpha value is -2.51. The summed E-state index contributed by atoms with van der Waals surface area (Å²) in [6, 6.07) is 2.48. The predicted molar refractivity (Wildman–Crippen MR) is 83.7 cm³/mol. The van der Waals surface area contributed by atoms with Gasteiger partial charge in [-0.3, -0.25) is 14.4 Å². The number of hydrogen-bond acceptors (Lipinski definition) is 3. The zero-order valence-corrected chi connectivity index (χ0v) is 13.6. The maximum absolute atomic E-state index is 13.9. The van der Waals surface area contributed by atoms with Crippen molar-refractivity contribution < 1.29 is 28.3 Å². The summed E-state index contributed by atoms with van der Waals surface area (Å²) in [5, 5.41) is 9.16. The molecule has 0 aliphatic carbocycles. The zero-order valence-electron chi connectivity index (χ0n) is 13.6. The lowest BCUT2D eigenvalue weighted by Crippen LogP contribution is -2.41. The summed E-state index contributed by atoms with van der Waals surface area (Å²) in [5.74, 6) is -4.54. The Morgan fingerprint density at radius 2 is 2.00 bits per heavy atom. The van der Waals surface area contributed by atoms with Crippen LogP contribution in [-0.2, 0) is 14.4 Å². The lowest BCUT2D eigenvalue weighted by Gasteiger charge is -2.26. The number of hydrogen-bond donors (Lipinski definition) is 1. The Kier molecular flexibility index (Phi) is 4.45. The van der Waals surface area contributed by atoms with Crippen LogP contribution in [0.2, 0.25) is 0 Å². The maximum Gasteiger partial charge on any atom is 0.308 e. The van der Waals surface area contributed by atoms with E-state index in [2.05, 4.69) is 0 Å². The van der Waals surface area contributed by atoms with Gasteiger partial charge >= 0.3 is 5.97 Å². The van der Waals surface area contributed by atoms with Crippen molar-refractivity contribution >= 4 is 23.5 Å². The van der Waals surface area contributed by atoms with Gasteiger partial charge in [0.05, 0.1) is 17.5 Å². The molecular weight excluding hydrogens is 334 g/mol. The number of halogens is 2. The highest BCUT2D eigenvalue weighted by Gasteiger charge is 2.43. The molecule has 0 saturated carbocycles. The molecule has 1 aromatic rings. The van der Waals surface area contributed by atoms with E-state index in [1.807, 2.05) is 0 Å². The highest BCUT2D eigenvalue weighted by molar-refractivity contribution is 6.00. The van der Waals surface area contributed by atoms with Crippen LogP contribution in [0.3, 0.4) is 0 Å². The number of anilines is 1. The molecule has 2 aliphatic rings. The van der Waals surface area contributed by atoms with E-state index in [4.69, 9.17) is 5.11 Å². The second-order valence-corrected chi connectivity index (χ2v) is 6.51. The third-order valence-corrected chi connectivity index (χ3v) is 5.03. The van der Waals surface area contributed by atoms with Gasteiger partial charge in [0.2, 0.25) is 11.8 Å². The third-order valence-electron chi connectivity index (χ3n) is 5.03. The lowest BCUT2D eigenvalue weighted by molar-refractivity contribution is -0.143. The van der Waals surface area contributed by atoms with Crippen molar-refractivity contribution in [1.29, 1.82) is 0 Å². The predicted octanol–water partition coefficient (Wildman–Crippen LogP) is 1.64. The fourth-order valence-corrected chi connectivity index (χ4v) is 3.62. The van der Waals surface area contributed by atoms with Crippen molar-refractivity contribution in [3.63, 3.8) is 0 Å². The SMILES string of the molecule is CC1C(C(=O)O)CCN1C(=O)C1CC(=O)N(c2ccc(F)cc2F)C1. The molecule has 6 nitrogen and oxygen atoms in total. The summed E-state index contributed by atoms with van der Waals surface area (Å²) in [4.78, 5) is 38.7. The first-order valence-corrected chi connectivity index (χ1v) is 8.08. The Labute approximate surface area is 143 Å². The molecule has 25 heavy (non-hydrogen) atoms. The van der Waals surface area contributed by atoms with E-state index < -0.39 is 41.4 Å². The Morgan fingerprint density at radius 3 is 2.60 bits per heavy atom. The summed E-state index contributed by atoms with van der Waals surface area (Å²) >= 11 is 0. The largest absolute Gasteiger partial charge is 0.481 e. The Bertz CT molecular complexity index is 739. The van der Waals surface area contributed by atoms with E-state index in [1.54, 1.807) is 6.92 Å². The third kappa shape index (κ3) is 3.08. The minimum absolute atomic E-state index is 0.00117. The first-order valence-electron chi connectivity index (χ1n) is 8.08. The van der Waals surface area contributed by atoms with Crippen LogP contribution in [-0.4, -0.2) is 46.9 Å². The van der Waals surface area contributed by atoms with Crippen LogP contribution in [0.15, 0.2) is 18.2 Å². The van der Waals surface area contributed by atoms with E-state index in [1.165, 1.54) is 11.0 Å². The molecule has 2 fully saturated rings. The lowest BCUT2D eigenvalue weighted by atomic mass is 10.0. The zero-order chi connectivity index (χ0) is 18.3. The van der Waals surface area contributed by atoms with Crippen molar-refractivity contribution in [2.75, 3.05) is 18.0 Å². The molecule has 2 heterocycles.